The van der Waals surface area contributed by atoms with Gasteiger partial charge in [-0.3, -0.25) is 24.1 Å². The molecule has 35 heavy (non-hydrogen) atoms. The number of carboxylic acids is 1. The second-order valence-corrected chi connectivity index (χ2v) is 8.13. The molecule has 0 aromatic rings. The molecule has 0 aromatic carbocycles. The summed E-state index contributed by atoms with van der Waals surface area (Å²) in [5.41, 5.74) is 10.8. The minimum atomic E-state index is -1.80. The molecular formula is C20H34N4O11. The molecule has 1 fully saturated rings. The number of rotatable bonds is 12. The molecule has 1 rings (SSSR count). The molecule has 0 bridgehead atoms. The van der Waals surface area contributed by atoms with Crippen molar-refractivity contribution in [2.45, 2.75) is 88.9 Å². The Morgan fingerprint density at radius 3 is 2.23 bits per heavy atom. The summed E-state index contributed by atoms with van der Waals surface area (Å²) in [7, 11) is 0. The molecule has 0 radical (unpaired) electrons. The number of carboxylic acid groups (broad SMARTS) is 1. The molecule has 1 aliphatic rings. The Labute approximate surface area is 201 Å². The molecule has 1 aliphatic heterocycles. The number of aliphatic carboxylic acids is 1. The number of amides is 4. The van der Waals surface area contributed by atoms with Gasteiger partial charge >= 0.3 is 5.97 Å². The Balaban J connectivity index is 3.32. The fourth-order valence-electron chi connectivity index (χ4n) is 3.54. The third-order valence-corrected chi connectivity index (χ3v) is 5.44. The minimum absolute atomic E-state index is 0.0632. The van der Waals surface area contributed by atoms with E-state index >= 15 is 0 Å². The standard InChI is InChI=1S/C20H34N4O11/c1-4-10(21)18(30)24(11(19(31)32)5-6-13(22)27)17(29)8(2)34-16-14(23-9(3)26)20(33)35-12(7-25)15(16)28/h8,10-12,14-16,20,25,28,33H,4-7,21H2,1-3H3,(H2,22,27)(H,23,26)(H,31,32)/t8?,10?,11-,12-,14-,15-,16-,20+/m1/s1. The molecule has 15 nitrogen and oxygen atoms in total. The number of nitrogens with two attached hydrogens (primary N) is 2. The Bertz CT molecular complexity index is 795. The van der Waals surface area contributed by atoms with Crippen LogP contribution < -0.4 is 16.8 Å². The van der Waals surface area contributed by atoms with E-state index in [2.05, 4.69) is 5.32 Å². The van der Waals surface area contributed by atoms with Gasteiger partial charge in [0.2, 0.25) is 17.7 Å². The van der Waals surface area contributed by atoms with Crippen LogP contribution in [0.4, 0.5) is 0 Å². The Morgan fingerprint density at radius 1 is 1.17 bits per heavy atom. The van der Waals surface area contributed by atoms with Crippen molar-refractivity contribution in [1.29, 1.82) is 0 Å². The van der Waals surface area contributed by atoms with Crippen molar-refractivity contribution in [2.75, 3.05) is 6.61 Å². The zero-order valence-corrected chi connectivity index (χ0v) is 19.7. The van der Waals surface area contributed by atoms with Crippen LogP contribution in [-0.2, 0) is 33.4 Å². The van der Waals surface area contributed by atoms with Gasteiger partial charge in [-0.25, -0.2) is 4.79 Å². The lowest BCUT2D eigenvalue weighted by Gasteiger charge is -2.43. The van der Waals surface area contributed by atoms with Gasteiger partial charge in [0.05, 0.1) is 12.6 Å². The molecule has 0 spiro atoms. The van der Waals surface area contributed by atoms with Crippen LogP contribution in [0.1, 0.15) is 40.0 Å². The molecule has 200 valence electrons. The fraction of sp³-hybridized carbons (Fsp3) is 0.750. The summed E-state index contributed by atoms with van der Waals surface area (Å²) >= 11 is 0. The zero-order chi connectivity index (χ0) is 27.0. The first-order valence-electron chi connectivity index (χ1n) is 10.9. The maximum atomic E-state index is 13.3. The second-order valence-electron chi connectivity index (χ2n) is 8.13. The van der Waals surface area contributed by atoms with Crippen LogP contribution in [0.25, 0.3) is 0 Å². The van der Waals surface area contributed by atoms with E-state index in [0.717, 1.165) is 13.8 Å². The minimum Gasteiger partial charge on any atom is -0.480 e. The Morgan fingerprint density at radius 2 is 1.77 bits per heavy atom. The fourth-order valence-corrected chi connectivity index (χ4v) is 3.54. The van der Waals surface area contributed by atoms with Crippen LogP contribution in [0.3, 0.4) is 0 Å². The first-order chi connectivity index (χ1) is 16.3. The highest BCUT2D eigenvalue weighted by Crippen LogP contribution is 2.25. The summed E-state index contributed by atoms with van der Waals surface area (Å²) in [6.45, 7) is 3.07. The van der Waals surface area contributed by atoms with Crippen LogP contribution >= 0.6 is 0 Å². The SMILES string of the molecule is CCC(N)C(=O)N(C(=O)C(C)O[C@H]1[C@H](O)[C@@H](CO)O[C@H](O)[C@@H]1NC(C)=O)[C@H](CCC(N)=O)C(=O)O. The van der Waals surface area contributed by atoms with Crippen molar-refractivity contribution < 1.29 is 53.9 Å². The van der Waals surface area contributed by atoms with Crippen LogP contribution in [0.15, 0.2) is 0 Å². The Kier molecular flexibility index (Phi) is 11.6. The second kappa shape index (κ2) is 13.4. The summed E-state index contributed by atoms with van der Waals surface area (Å²) < 4.78 is 10.7. The summed E-state index contributed by atoms with van der Waals surface area (Å²) in [6.07, 6.45) is -8.70. The van der Waals surface area contributed by atoms with Gasteiger partial charge in [-0.2, -0.15) is 0 Å². The van der Waals surface area contributed by atoms with Crippen molar-refractivity contribution in [3.05, 3.63) is 0 Å². The average Bonchev–Trinajstić information content (AvgIpc) is 2.78. The van der Waals surface area contributed by atoms with Crippen LogP contribution in [-0.4, -0.2) is 110 Å². The third kappa shape index (κ3) is 7.91. The van der Waals surface area contributed by atoms with E-state index in [0.29, 0.717) is 4.90 Å². The predicted molar refractivity (Wildman–Crippen MR) is 116 cm³/mol. The van der Waals surface area contributed by atoms with Crippen molar-refractivity contribution in [2.24, 2.45) is 11.5 Å². The summed E-state index contributed by atoms with van der Waals surface area (Å²) in [5.74, 6) is -5.28. The van der Waals surface area contributed by atoms with Gasteiger partial charge in [-0.15, -0.1) is 0 Å². The smallest absolute Gasteiger partial charge is 0.326 e. The van der Waals surface area contributed by atoms with E-state index in [1.807, 2.05) is 0 Å². The number of ether oxygens (including phenoxy) is 2. The first kappa shape index (κ1) is 30.3. The van der Waals surface area contributed by atoms with Crippen LogP contribution in [0, 0.1) is 0 Å². The number of hydrogen-bond acceptors (Lipinski definition) is 11. The number of aliphatic hydroxyl groups is 3. The molecule has 1 heterocycles. The molecule has 15 heteroatoms. The highest BCUT2D eigenvalue weighted by molar-refractivity contribution is 6.02. The maximum Gasteiger partial charge on any atom is 0.326 e. The van der Waals surface area contributed by atoms with E-state index in [9.17, 15) is 44.4 Å². The largest absolute Gasteiger partial charge is 0.480 e. The molecule has 4 amide bonds. The molecular weight excluding hydrogens is 472 g/mol. The Hall–Kier alpha value is -2.69. The number of imide groups is 1. The maximum absolute atomic E-state index is 13.3. The van der Waals surface area contributed by atoms with Crippen molar-refractivity contribution in [3.8, 4) is 0 Å². The lowest BCUT2D eigenvalue weighted by Crippen LogP contribution is -2.66. The van der Waals surface area contributed by atoms with E-state index in [1.54, 1.807) is 0 Å². The molecule has 0 aromatic heterocycles. The molecule has 8 atom stereocenters. The third-order valence-electron chi connectivity index (χ3n) is 5.44. The monoisotopic (exact) mass is 506 g/mol. The van der Waals surface area contributed by atoms with Gasteiger partial charge in [0.1, 0.15) is 36.5 Å². The van der Waals surface area contributed by atoms with Gasteiger partial charge in [0.15, 0.2) is 6.29 Å². The number of aliphatic hydroxyl groups excluding tert-OH is 3. The van der Waals surface area contributed by atoms with Gasteiger partial charge in [0, 0.05) is 13.3 Å². The van der Waals surface area contributed by atoms with E-state index in [4.69, 9.17) is 20.9 Å². The highest BCUT2D eigenvalue weighted by Gasteiger charge is 2.48. The number of nitrogens with one attached hydrogen (secondary N) is 1. The topological polar surface area (TPSA) is 252 Å². The quantitative estimate of drug-likeness (QED) is 0.134. The normalized spacial score (nSPS) is 26.8. The van der Waals surface area contributed by atoms with E-state index in [1.165, 1.54) is 6.92 Å². The number of carbonyl (C=O) groups is 5. The number of carbonyl (C=O) groups excluding carboxylic acids is 4. The van der Waals surface area contributed by atoms with Crippen molar-refractivity contribution in [3.63, 3.8) is 0 Å². The van der Waals surface area contributed by atoms with Crippen molar-refractivity contribution >= 4 is 29.6 Å². The molecule has 0 saturated carbocycles. The average molecular weight is 507 g/mol. The van der Waals surface area contributed by atoms with Crippen molar-refractivity contribution in [1.82, 2.24) is 10.2 Å². The number of primary amides is 1. The van der Waals surface area contributed by atoms with Gasteiger partial charge in [0.25, 0.3) is 5.91 Å². The van der Waals surface area contributed by atoms with Gasteiger partial charge in [-0.05, 0) is 19.8 Å². The molecule has 1 saturated heterocycles. The zero-order valence-electron chi connectivity index (χ0n) is 19.7. The lowest BCUT2D eigenvalue weighted by atomic mass is 9.96. The summed E-state index contributed by atoms with van der Waals surface area (Å²) in [6, 6.07) is -4.43. The van der Waals surface area contributed by atoms with E-state index < -0.39 is 97.9 Å². The van der Waals surface area contributed by atoms with Gasteiger partial charge < -0.3 is 46.7 Å². The molecule has 9 N–H and O–H groups in total. The predicted octanol–water partition coefficient (Wildman–Crippen LogP) is -3.85. The molecule has 2 unspecified atom stereocenters. The first-order valence-corrected chi connectivity index (χ1v) is 10.9. The van der Waals surface area contributed by atoms with Crippen LogP contribution in [0.5, 0.6) is 0 Å². The summed E-state index contributed by atoms with van der Waals surface area (Å²) in [4.78, 5) is 61.2. The lowest BCUT2D eigenvalue weighted by molar-refractivity contribution is -0.267. The number of nitrogens with zero attached hydrogens (tertiary/aromatic N) is 1. The van der Waals surface area contributed by atoms with E-state index in [-0.39, 0.29) is 6.42 Å². The number of hydrogen-bond donors (Lipinski definition) is 7. The molecule has 0 aliphatic carbocycles. The summed E-state index contributed by atoms with van der Waals surface area (Å²) in [5, 5.41) is 42.2. The van der Waals surface area contributed by atoms with Gasteiger partial charge in [-0.1, -0.05) is 6.92 Å². The highest BCUT2D eigenvalue weighted by atomic mass is 16.6. The van der Waals surface area contributed by atoms with Crippen LogP contribution in [0.2, 0.25) is 0 Å².